The van der Waals surface area contributed by atoms with Crippen LogP contribution in [0.2, 0.25) is 0 Å². The van der Waals surface area contributed by atoms with E-state index in [0.717, 1.165) is 36.8 Å². The molecule has 1 aromatic rings. The van der Waals surface area contributed by atoms with Gasteiger partial charge in [0, 0.05) is 6.04 Å². The van der Waals surface area contributed by atoms with E-state index in [1.165, 1.54) is 7.11 Å². The number of ether oxygens (including phenoxy) is 1. The predicted molar refractivity (Wildman–Crippen MR) is 80.9 cm³/mol. The van der Waals surface area contributed by atoms with Crippen LogP contribution in [0.3, 0.4) is 0 Å². The van der Waals surface area contributed by atoms with E-state index in [2.05, 4.69) is 0 Å². The minimum absolute atomic E-state index is 0.0154. The maximum absolute atomic E-state index is 12.6. The molecule has 0 bridgehead atoms. The van der Waals surface area contributed by atoms with Crippen LogP contribution in [0.25, 0.3) is 0 Å². The standard InChI is InChI=1S/C17H23NO3/c1-13-7-3-4-8-14(13)11-16(19)18(12-17(20)21-2)15-9-5-6-10-15/h3-4,7-8,15H,5-6,9-12H2,1-2H3. The quantitative estimate of drug-likeness (QED) is 0.782. The summed E-state index contributed by atoms with van der Waals surface area (Å²) in [6.45, 7) is 2.06. The summed E-state index contributed by atoms with van der Waals surface area (Å²) < 4.78 is 4.73. The Kier molecular flexibility index (Phi) is 5.37. The Balaban J connectivity index is 2.10. The highest BCUT2D eigenvalue weighted by Gasteiger charge is 2.28. The van der Waals surface area contributed by atoms with Crippen LogP contribution >= 0.6 is 0 Å². The Morgan fingerprint density at radius 2 is 1.90 bits per heavy atom. The number of nitrogens with zero attached hydrogens (tertiary/aromatic N) is 1. The lowest BCUT2D eigenvalue weighted by atomic mass is 10.0. The third-order valence-corrected chi connectivity index (χ3v) is 4.22. The van der Waals surface area contributed by atoms with Crippen LogP contribution < -0.4 is 0 Å². The van der Waals surface area contributed by atoms with Gasteiger partial charge in [0.2, 0.25) is 5.91 Å². The minimum Gasteiger partial charge on any atom is -0.468 e. The molecule has 0 unspecified atom stereocenters. The van der Waals surface area contributed by atoms with Crippen molar-refractivity contribution in [2.24, 2.45) is 0 Å². The van der Waals surface area contributed by atoms with Crippen LogP contribution in [0.15, 0.2) is 24.3 Å². The molecule has 0 aliphatic heterocycles. The second-order valence-electron chi connectivity index (χ2n) is 5.64. The second kappa shape index (κ2) is 7.25. The summed E-state index contributed by atoms with van der Waals surface area (Å²) in [5.41, 5.74) is 2.13. The summed E-state index contributed by atoms with van der Waals surface area (Å²) >= 11 is 0. The summed E-state index contributed by atoms with van der Waals surface area (Å²) in [6.07, 6.45) is 4.56. The Hall–Kier alpha value is -1.84. The zero-order valence-electron chi connectivity index (χ0n) is 12.8. The van der Waals surface area contributed by atoms with Gasteiger partial charge >= 0.3 is 5.97 Å². The molecule has 0 N–H and O–H groups in total. The van der Waals surface area contributed by atoms with E-state index in [-0.39, 0.29) is 24.5 Å². The number of hydrogen-bond donors (Lipinski definition) is 0. The van der Waals surface area contributed by atoms with Crippen molar-refractivity contribution >= 4 is 11.9 Å². The molecule has 2 rings (SSSR count). The molecule has 1 aromatic carbocycles. The van der Waals surface area contributed by atoms with Gasteiger partial charge in [0.05, 0.1) is 13.5 Å². The summed E-state index contributed by atoms with van der Waals surface area (Å²) in [6, 6.07) is 8.06. The Bertz CT molecular complexity index is 507. The van der Waals surface area contributed by atoms with Crippen LogP contribution in [0.4, 0.5) is 0 Å². The summed E-state index contributed by atoms with van der Waals surface area (Å²) in [5, 5.41) is 0. The molecule has 0 atom stereocenters. The van der Waals surface area contributed by atoms with Crippen molar-refractivity contribution in [1.29, 1.82) is 0 Å². The maximum atomic E-state index is 12.6. The number of hydrogen-bond acceptors (Lipinski definition) is 3. The molecule has 1 aliphatic rings. The molecule has 0 aromatic heterocycles. The third-order valence-electron chi connectivity index (χ3n) is 4.22. The van der Waals surface area contributed by atoms with Crippen molar-refractivity contribution in [3.05, 3.63) is 35.4 Å². The molecule has 0 heterocycles. The average Bonchev–Trinajstić information content (AvgIpc) is 3.00. The van der Waals surface area contributed by atoms with Crippen molar-refractivity contribution in [1.82, 2.24) is 4.90 Å². The smallest absolute Gasteiger partial charge is 0.325 e. The number of carbonyl (C=O) groups is 2. The highest BCUT2D eigenvalue weighted by Crippen LogP contribution is 2.24. The summed E-state index contributed by atoms with van der Waals surface area (Å²) in [7, 11) is 1.36. The largest absolute Gasteiger partial charge is 0.468 e. The average molecular weight is 289 g/mol. The molecule has 114 valence electrons. The van der Waals surface area contributed by atoms with Gasteiger partial charge in [0.1, 0.15) is 6.54 Å². The second-order valence-corrected chi connectivity index (χ2v) is 5.64. The van der Waals surface area contributed by atoms with Gasteiger partial charge in [0.15, 0.2) is 0 Å². The number of methoxy groups -OCH3 is 1. The van der Waals surface area contributed by atoms with E-state index in [9.17, 15) is 9.59 Å². The van der Waals surface area contributed by atoms with Gasteiger partial charge < -0.3 is 9.64 Å². The Labute approximate surface area is 126 Å². The lowest BCUT2D eigenvalue weighted by Gasteiger charge is -2.28. The first-order valence-electron chi connectivity index (χ1n) is 7.52. The number of amides is 1. The molecule has 0 saturated heterocycles. The van der Waals surface area contributed by atoms with Crippen molar-refractivity contribution in [2.75, 3.05) is 13.7 Å². The molecule has 1 fully saturated rings. The molecule has 21 heavy (non-hydrogen) atoms. The minimum atomic E-state index is -0.347. The normalized spacial score (nSPS) is 15.0. The highest BCUT2D eigenvalue weighted by atomic mass is 16.5. The van der Waals surface area contributed by atoms with E-state index in [0.29, 0.717) is 6.42 Å². The summed E-state index contributed by atoms with van der Waals surface area (Å²) in [5.74, 6) is -0.332. The van der Waals surface area contributed by atoms with Crippen LogP contribution in [0.5, 0.6) is 0 Å². The predicted octanol–water partition coefficient (Wildman–Crippen LogP) is 2.48. The number of aryl methyl sites for hydroxylation is 1. The molecular formula is C17H23NO3. The first-order chi connectivity index (χ1) is 10.1. The van der Waals surface area contributed by atoms with Crippen molar-refractivity contribution < 1.29 is 14.3 Å². The fourth-order valence-corrected chi connectivity index (χ4v) is 2.91. The molecule has 1 saturated carbocycles. The van der Waals surface area contributed by atoms with Gasteiger partial charge in [-0.2, -0.15) is 0 Å². The fourth-order valence-electron chi connectivity index (χ4n) is 2.91. The highest BCUT2D eigenvalue weighted by molar-refractivity contribution is 5.84. The molecule has 0 radical (unpaired) electrons. The summed E-state index contributed by atoms with van der Waals surface area (Å²) in [4.78, 5) is 25.9. The topological polar surface area (TPSA) is 46.6 Å². The zero-order chi connectivity index (χ0) is 15.2. The molecule has 4 heteroatoms. The van der Waals surface area contributed by atoms with Crippen molar-refractivity contribution in [2.45, 2.75) is 45.1 Å². The lowest BCUT2D eigenvalue weighted by molar-refractivity contribution is -0.148. The van der Waals surface area contributed by atoms with Gasteiger partial charge in [-0.15, -0.1) is 0 Å². The van der Waals surface area contributed by atoms with Gasteiger partial charge in [-0.05, 0) is 30.9 Å². The Morgan fingerprint density at radius 3 is 2.52 bits per heavy atom. The van der Waals surface area contributed by atoms with Gasteiger partial charge in [-0.1, -0.05) is 37.1 Å². The van der Waals surface area contributed by atoms with Crippen LogP contribution in [-0.2, 0) is 20.7 Å². The van der Waals surface area contributed by atoms with E-state index in [1.54, 1.807) is 4.90 Å². The fraction of sp³-hybridized carbons (Fsp3) is 0.529. The van der Waals surface area contributed by atoms with E-state index < -0.39 is 0 Å². The number of carbonyl (C=O) groups excluding carboxylic acids is 2. The van der Waals surface area contributed by atoms with Crippen molar-refractivity contribution in [3.8, 4) is 0 Å². The van der Waals surface area contributed by atoms with Crippen LogP contribution in [0.1, 0.15) is 36.8 Å². The van der Waals surface area contributed by atoms with Crippen molar-refractivity contribution in [3.63, 3.8) is 0 Å². The van der Waals surface area contributed by atoms with Gasteiger partial charge in [-0.3, -0.25) is 9.59 Å². The van der Waals surface area contributed by atoms with E-state index >= 15 is 0 Å². The molecule has 4 nitrogen and oxygen atoms in total. The Morgan fingerprint density at radius 1 is 1.24 bits per heavy atom. The maximum Gasteiger partial charge on any atom is 0.325 e. The molecule has 1 aliphatic carbocycles. The third kappa shape index (κ3) is 4.06. The van der Waals surface area contributed by atoms with Crippen LogP contribution in [-0.4, -0.2) is 36.5 Å². The van der Waals surface area contributed by atoms with Gasteiger partial charge in [0.25, 0.3) is 0 Å². The molecular weight excluding hydrogens is 266 g/mol. The number of rotatable bonds is 5. The van der Waals surface area contributed by atoms with E-state index in [1.807, 2.05) is 31.2 Å². The number of benzene rings is 1. The first kappa shape index (κ1) is 15.5. The van der Waals surface area contributed by atoms with Gasteiger partial charge in [-0.25, -0.2) is 0 Å². The van der Waals surface area contributed by atoms with Crippen LogP contribution in [0, 0.1) is 6.92 Å². The lowest BCUT2D eigenvalue weighted by Crippen LogP contribution is -2.43. The monoisotopic (exact) mass is 289 g/mol. The zero-order valence-corrected chi connectivity index (χ0v) is 12.8. The molecule has 1 amide bonds. The van der Waals surface area contributed by atoms with E-state index in [4.69, 9.17) is 4.74 Å². The number of esters is 1. The molecule has 0 spiro atoms. The SMILES string of the molecule is COC(=O)CN(C(=O)Cc1ccccc1C)C1CCCC1. The first-order valence-corrected chi connectivity index (χ1v) is 7.52.